The van der Waals surface area contributed by atoms with Gasteiger partial charge in [0.2, 0.25) is 0 Å². The van der Waals surface area contributed by atoms with Gasteiger partial charge in [-0.3, -0.25) is 9.59 Å². The molecule has 0 heterocycles. The van der Waals surface area contributed by atoms with Crippen molar-refractivity contribution in [2.24, 2.45) is 11.8 Å². The summed E-state index contributed by atoms with van der Waals surface area (Å²) in [6, 6.07) is 0. The van der Waals surface area contributed by atoms with Gasteiger partial charge < -0.3 is 19.4 Å². The van der Waals surface area contributed by atoms with Crippen LogP contribution < -0.4 is 0 Å². The fraction of sp³-hybridized carbons (Fsp3) is 0.909. The van der Waals surface area contributed by atoms with Crippen LogP contribution in [0.5, 0.6) is 0 Å². The zero-order chi connectivity index (χ0) is 23.0. The fourth-order valence-electron chi connectivity index (χ4n) is 3.25. The highest BCUT2D eigenvalue weighted by Crippen LogP contribution is 2.40. The Balaban J connectivity index is 3.29. The van der Waals surface area contributed by atoms with Crippen molar-refractivity contribution in [3.63, 3.8) is 0 Å². The minimum atomic E-state index is -2.18. The number of hydrogen-bond donors (Lipinski definition) is 2. The zero-order valence-corrected chi connectivity index (χ0v) is 21.0. The third-order valence-electron chi connectivity index (χ3n) is 6.41. The van der Waals surface area contributed by atoms with E-state index in [1.54, 1.807) is 34.6 Å². The number of hydrogen-bond acceptors (Lipinski definition) is 6. The predicted molar refractivity (Wildman–Crippen MR) is 116 cm³/mol. The van der Waals surface area contributed by atoms with Gasteiger partial charge in [0.25, 0.3) is 0 Å². The van der Waals surface area contributed by atoms with Crippen molar-refractivity contribution < 1.29 is 29.0 Å². The average molecular weight is 431 g/mol. The summed E-state index contributed by atoms with van der Waals surface area (Å²) in [6.45, 7) is 19.2. The highest BCUT2D eigenvalue weighted by Gasteiger charge is 2.47. The number of carbonyl (C=O) groups is 2. The Kier molecular flexibility index (Phi) is 7.95. The topological polar surface area (TPSA) is 93.1 Å². The molecule has 4 unspecified atom stereocenters. The second-order valence-corrected chi connectivity index (χ2v) is 16.1. The predicted octanol–water partition coefficient (Wildman–Crippen LogP) is 3.84. The van der Waals surface area contributed by atoms with E-state index in [9.17, 15) is 19.8 Å². The molecule has 0 aromatic heterocycles. The van der Waals surface area contributed by atoms with E-state index in [2.05, 4.69) is 33.9 Å². The van der Waals surface area contributed by atoms with Gasteiger partial charge in [0.15, 0.2) is 14.1 Å². The molecule has 1 aliphatic carbocycles. The molecular weight excluding hydrogens is 388 g/mol. The third kappa shape index (κ3) is 6.87. The first-order valence-corrected chi connectivity index (χ1v) is 13.5. The summed E-state index contributed by atoms with van der Waals surface area (Å²) in [5, 5.41) is 21.3. The van der Waals surface area contributed by atoms with E-state index in [1.807, 2.05) is 0 Å². The van der Waals surface area contributed by atoms with E-state index in [1.165, 1.54) is 0 Å². The van der Waals surface area contributed by atoms with Crippen LogP contribution in [-0.2, 0) is 18.8 Å². The standard InChI is InChI=1S/C22H42O6Si/c1-14-16(28-29(9,10)21(5,6)7)11-12-22(8,26)17(23)13-15(18(14)24)19(25)27-20(2,3)4/h14-17,23,26H,11-13H2,1-10H3/t14?,15-,16?,17?,22?/m1/s1. The highest BCUT2D eigenvalue weighted by atomic mass is 28.4. The lowest BCUT2D eigenvalue weighted by Crippen LogP contribution is -2.47. The second kappa shape index (κ2) is 8.77. The molecule has 1 aliphatic rings. The molecule has 5 atom stereocenters. The summed E-state index contributed by atoms with van der Waals surface area (Å²) in [6.07, 6.45) is -1.07. The van der Waals surface area contributed by atoms with E-state index in [4.69, 9.17) is 9.16 Å². The number of aliphatic hydroxyl groups excluding tert-OH is 1. The van der Waals surface area contributed by atoms with Crippen LogP contribution in [0.3, 0.4) is 0 Å². The monoisotopic (exact) mass is 430 g/mol. The van der Waals surface area contributed by atoms with Gasteiger partial charge in [0.05, 0.1) is 17.8 Å². The van der Waals surface area contributed by atoms with Crippen molar-refractivity contribution in [2.45, 2.75) is 116 Å². The van der Waals surface area contributed by atoms with Crippen molar-refractivity contribution in [3.8, 4) is 0 Å². The molecular formula is C22H42O6Si. The van der Waals surface area contributed by atoms with E-state index in [-0.39, 0.29) is 23.7 Å². The molecule has 1 rings (SSSR count). The summed E-state index contributed by atoms with van der Waals surface area (Å²) in [5.74, 6) is -2.62. The maximum atomic E-state index is 13.3. The smallest absolute Gasteiger partial charge is 0.317 e. The number of ether oxygens (including phenoxy) is 1. The molecule has 0 radical (unpaired) electrons. The maximum Gasteiger partial charge on any atom is 0.317 e. The van der Waals surface area contributed by atoms with Crippen molar-refractivity contribution in [1.29, 1.82) is 0 Å². The van der Waals surface area contributed by atoms with Crippen LogP contribution in [-0.4, -0.2) is 53.7 Å². The van der Waals surface area contributed by atoms with Gasteiger partial charge in [-0.15, -0.1) is 0 Å². The molecule has 29 heavy (non-hydrogen) atoms. The summed E-state index contributed by atoms with van der Waals surface area (Å²) in [4.78, 5) is 26.1. The number of aliphatic hydroxyl groups is 2. The van der Waals surface area contributed by atoms with E-state index in [0.717, 1.165) is 0 Å². The van der Waals surface area contributed by atoms with Crippen LogP contribution in [0.25, 0.3) is 0 Å². The first-order valence-electron chi connectivity index (χ1n) is 10.6. The van der Waals surface area contributed by atoms with Gasteiger partial charge in [-0.2, -0.15) is 0 Å². The SMILES string of the molecule is CC1C(=O)[C@H](C(=O)OC(C)(C)C)CC(O)C(C)(O)CCC1O[Si](C)(C)C(C)(C)C. The lowest BCUT2D eigenvalue weighted by molar-refractivity contribution is -0.165. The Labute approximate surface area is 177 Å². The van der Waals surface area contributed by atoms with E-state index >= 15 is 0 Å². The molecule has 0 aromatic carbocycles. The number of carbonyl (C=O) groups excluding carboxylic acids is 2. The molecule has 6 nitrogen and oxygen atoms in total. The van der Waals surface area contributed by atoms with Gasteiger partial charge in [-0.25, -0.2) is 0 Å². The third-order valence-corrected chi connectivity index (χ3v) is 10.9. The van der Waals surface area contributed by atoms with Gasteiger partial charge in [0.1, 0.15) is 11.5 Å². The Morgan fingerprint density at radius 1 is 1.17 bits per heavy atom. The first-order chi connectivity index (χ1) is 12.8. The molecule has 0 aromatic rings. The fourth-order valence-corrected chi connectivity index (χ4v) is 4.68. The Morgan fingerprint density at radius 2 is 1.69 bits per heavy atom. The van der Waals surface area contributed by atoms with Crippen LogP contribution >= 0.6 is 0 Å². The van der Waals surface area contributed by atoms with Gasteiger partial charge >= 0.3 is 5.97 Å². The number of ketones is 1. The number of esters is 1. The molecule has 0 spiro atoms. The van der Waals surface area contributed by atoms with E-state index < -0.39 is 49.5 Å². The second-order valence-electron chi connectivity index (χ2n) is 11.3. The Morgan fingerprint density at radius 3 is 2.14 bits per heavy atom. The molecule has 0 bridgehead atoms. The summed E-state index contributed by atoms with van der Waals surface area (Å²) in [7, 11) is -2.18. The molecule has 1 saturated carbocycles. The number of rotatable bonds is 3. The average Bonchev–Trinajstić information content (AvgIpc) is 2.53. The maximum absolute atomic E-state index is 13.3. The summed E-state index contributed by atoms with van der Waals surface area (Å²) in [5.41, 5.74) is -2.16. The minimum Gasteiger partial charge on any atom is -0.459 e. The molecule has 7 heteroatoms. The molecule has 2 N–H and O–H groups in total. The highest BCUT2D eigenvalue weighted by molar-refractivity contribution is 6.74. The van der Waals surface area contributed by atoms with Crippen LogP contribution in [0.4, 0.5) is 0 Å². The lowest BCUT2D eigenvalue weighted by atomic mass is 9.85. The Hall–Kier alpha value is -0.763. The largest absolute Gasteiger partial charge is 0.459 e. The number of Topliss-reactive ketones (excluding diaryl/α,β-unsaturated/α-hetero) is 1. The van der Waals surface area contributed by atoms with Crippen LogP contribution in [0, 0.1) is 11.8 Å². The van der Waals surface area contributed by atoms with Gasteiger partial charge in [0, 0.05) is 5.92 Å². The van der Waals surface area contributed by atoms with Crippen molar-refractivity contribution in [3.05, 3.63) is 0 Å². The van der Waals surface area contributed by atoms with Gasteiger partial charge in [-0.05, 0) is 65.1 Å². The Bertz CT molecular complexity index is 599. The first kappa shape index (κ1) is 26.3. The van der Waals surface area contributed by atoms with Crippen molar-refractivity contribution in [1.82, 2.24) is 0 Å². The van der Waals surface area contributed by atoms with E-state index in [0.29, 0.717) is 6.42 Å². The van der Waals surface area contributed by atoms with Crippen molar-refractivity contribution in [2.75, 3.05) is 0 Å². The quantitative estimate of drug-likeness (QED) is 0.401. The molecule has 0 saturated heterocycles. The minimum absolute atomic E-state index is 0.0409. The van der Waals surface area contributed by atoms with Crippen LogP contribution in [0.15, 0.2) is 0 Å². The van der Waals surface area contributed by atoms with Crippen LogP contribution in [0.1, 0.15) is 74.7 Å². The zero-order valence-electron chi connectivity index (χ0n) is 20.0. The summed E-state index contributed by atoms with van der Waals surface area (Å²) < 4.78 is 12.0. The summed E-state index contributed by atoms with van der Waals surface area (Å²) >= 11 is 0. The molecule has 1 fully saturated rings. The normalized spacial score (nSPS) is 32.9. The molecule has 0 amide bonds. The van der Waals surface area contributed by atoms with Crippen molar-refractivity contribution >= 4 is 20.1 Å². The molecule has 0 aliphatic heterocycles. The van der Waals surface area contributed by atoms with Crippen LogP contribution in [0.2, 0.25) is 18.1 Å². The van der Waals surface area contributed by atoms with Gasteiger partial charge in [-0.1, -0.05) is 27.7 Å². The lowest BCUT2D eigenvalue weighted by Gasteiger charge is -2.41. The molecule has 170 valence electrons.